The number of nitrogens with zero attached hydrogens (tertiary/aromatic N) is 2. The lowest BCUT2D eigenvalue weighted by atomic mass is 9.86. The number of nitrogens with one attached hydrogen (secondary N) is 1. The van der Waals surface area contributed by atoms with Crippen LogP contribution in [0.5, 0.6) is 5.75 Å². The van der Waals surface area contributed by atoms with Crippen LogP contribution in [0.15, 0.2) is 30.3 Å². The highest BCUT2D eigenvalue weighted by molar-refractivity contribution is 7.18. The minimum absolute atomic E-state index is 0.323. The highest BCUT2D eigenvalue weighted by Gasteiger charge is 2.33. The van der Waals surface area contributed by atoms with Gasteiger partial charge in [0.2, 0.25) is 0 Å². The lowest BCUT2D eigenvalue weighted by Crippen LogP contribution is -2.17. The second-order valence-electron chi connectivity index (χ2n) is 6.56. The Balaban J connectivity index is 1.64. The third-order valence-electron chi connectivity index (χ3n) is 4.70. The first-order chi connectivity index (χ1) is 13.3. The summed E-state index contributed by atoms with van der Waals surface area (Å²) in [7, 11) is 1.46. The first kappa shape index (κ1) is 18.7. The van der Waals surface area contributed by atoms with Crippen LogP contribution in [0.2, 0.25) is 0 Å². The number of anilines is 1. The molecule has 0 unspecified atom stereocenters. The fourth-order valence-corrected chi connectivity index (χ4v) is 4.13. The van der Waals surface area contributed by atoms with Crippen LogP contribution in [-0.2, 0) is 6.18 Å². The number of alkyl halides is 3. The van der Waals surface area contributed by atoms with Crippen LogP contribution in [-0.4, -0.2) is 23.0 Å². The molecule has 1 amide bonds. The Hall–Kier alpha value is -2.68. The number of thiazole rings is 1. The molecule has 0 spiro atoms. The molecule has 0 bridgehead atoms. The van der Waals surface area contributed by atoms with Crippen molar-refractivity contribution in [1.82, 2.24) is 9.97 Å². The molecule has 0 saturated heterocycles. The number of fused-ring (bicyclic) bond motifs is 1. The molecule has 1 N–H and O–H groups in total. The Morgan fingerprint density at radius 1 is 1.25 bits per heavy atom. The number of carbonyl (C=O) groups excluding carboxylic acids is 1. The Labute approximate surface area is 162 Å². The van der Waals surface area contributed by atoms with E-state index in [2.05, 4.69) is 15.3 Å². The number of methoxy groups -OCH3 is 1. The minimum atomic E-state index is -4.62. The highest BCUT2D eigenvalue weighted by Crippen LogP contribution is 2.42. The molecule has 5 nitrogen and oxygen atoms in total. The van der Waals surface area contributed by atoms with Gasteiger partial charge >= 0.3 is 6.18 Å². The van der Waals surface area contributed by atoms with Crippen LogP contribution >= 0.6 is 11.3 Å². The Morgan fingerprint density at radius 3 is 2.68 bits per heavy atom. The van der Waals surface area contributed by atoms with Crippen molar-refractivity contribution in [2.75, 3.05) is 12.4 Å². The standard InChI is InChI=1S/C19H16F3N3O2S/c1-27-14-8-13-15(28-18(25-13)10-4-2-5-10)9-12(14)24-17(26)11-6-3-7-16(23-11)19(20,21)22/h3,6-10H,2,4-5H2,1H3,(H,24,26). The second-order valence-corrected chi connectivity index (χ2v) is 7.62. The van der Waals surface area contributed by atoms with Gasteiger partial charge in [-0.1, -0.05) is 12.5 Å². The predicted molar refractivity (Wildman–Crippen MR) is 100.0 cm³/mol. The number of aromatic nitrogens is 2. The number of amides is 1. The van der Waals surface area contributed by atoms with Crippen molar-refractivity contribution in [2.45, 2.75) is 31.4 Å². The normalized spacial score (nSPS) is 14.7. The number of hydrogen-bond donors (Lipinski definition) is 1. The first-order valence-electron chi connectivity index (χ1n) is 8.69. The fourth-order valence-electron chi connectivity index (χ4n) is 2.97. The summed E-state index contributed by atoms with van der Waals surface area (Å²) in [5, 5.41) is 3.66. The Bertz CT molecular complexity index is 1040. The number of carbonyl (C=O) groups is 1. The van der Waals surface area contributed by atoms with Gasteiger partial charge in [-0.05, 0) is 31.0 Å². The predicted octanol–water partition coefficient (Wildman–Crippen LogP) is 5.24. The third kappa shape index (κ3) is 3.54. The van der Waals surface area contributed by atoms with E-state index in [-0.39, 0.29) is 5.69 Å². The van der Waals surface area contributed by atoms with Crippen LogP contribution < -0.4 is 10.1 Å². The summed E-state index contributed by atoms with van der Waals surface area (Å²) in [5.74, 6) is 0.126. The molecule has 1 saturated carbocycles. The molecule has 0 aliphatic heterocycles. The summed E-state index contributed by atoms with van der Waals surface area (Å²) in [6.07, 6.45) is -1.16. The van der Waals surface area contributed by atoms with E-state index in [1.54, 1.807) is 23.5 Å². The van der Waals surface area contributed by atoms with Gasteiger partial charge in [0.05, 0.1) is 28.0 Å². The minimum Gasteiger partial charge on any atom is -0.494 e. The van der Waals surface area contributed by atoms with Crippen molar-refractivity contribution in [2.24, 2.45) is 0 Å². The van der Waals surface area contributed by atoms with Gasteiger partial charge in [0, 0.05) is 12.0 Å². The van der Waals surface area contributed by atoms with Gasteiger partial charge in [-0.25, -0.2) is 9.97 Å². The maximum Gasteiger partial charge on any atom is 0.433 e. The SMILES string of the molecule is COc1cc2nc(C3CCC3)sc2cc1NC(=O)c1cccc(C(F)(F)F)n1. The molecule has 0 radical (unpaired) electrons. The van der Waals surface area contributed by atoms with Crippen molar-refractivity contribution >= 4 is 33.1 Å². The van der Waals surface area contributed by atoms with Crippen LogP contribution in [0.25, 0.3) is 10.2 Å². The van der Waals surface area contributed by atoms with E-state index in [0.29, 0.717) is 17.4 Å². The van der Waals surface area contributed by atoms with Gasteiger partial charge in [0.25, 0.3) is 5.91 Å². The largest absolute Gasteiger partial charge is 0.494 e. The molecule has 146 valence electrons. The van der Waals surface area contributed by atoms with E-state index >= 15 is 0 Å². The zero-order valence-electron chi connectivity index (χ0n) is 14.8. The van der Waals surface area contributed by atoms with Gasteiger partial charge in [-0.3, -0.25) is 4.79 Å². The fraction of sp³-hybridized carbons (Fsp3) is 0.316. The summed E-state index contributed by atoms with van der Waals surface area (Å²) in [5.41, 5.74) is -0.298. The number of ether oxygens (including phenoxy) is 1. The third-order valence-corrected chi connectivity index (χ3v) is 5.88. The molecule has 2 heterocycles. The quantitative estimate of drug-likeness (QED) is 0.643. The van der Waals surface area contributed by atoms with Crippen molar-refractivity contribution < 1.29 is 22.7 Å². The summed E-state index contributed by atoms with van der Waals surface area (Å²) in [6, 6.07) is 6.67. The van der Waals surface area contributed by atoms with Crippen molar-refractivity contribution in [3.8, 4) is 5.75 Å². The maximum absolute atomic E-state index is 12.8. The van der Waals surface area contributed by atoms with Crippen LogP contribution in [0.4, 0.5) is 18.9 Å². The molecule has 2 aromatic heterocycles. The van der Waals surface area contributed by atoms with E-state index < -0.39 is 17.8 Å². The maximum atomic E-state index is 12.8. The van der Waals surface area contributed by atoms with Crippen LogP contribution in [0.3, 0.4) is 0 Å². The molecule has 4 rings (SSSR count). The van der Waals surface area contributed by atoms with E-state index in [1.807, 2.05) is 0 Å². The van der Waals surface area contributed by atoms with E-state index in [4.69, 9.17) is 4.74 Å². The molecule has 3 aromatic rings. The highest BCUT2D eigenvalue weighted by atomic mass is 32.1. The number of halogens is 3. The smallest absolute Gasteiger partial charge is 0.433 e. The molecule has 1 fully saturated rings. The van der Waals surface area contributed by atoms with Gasteiger partial charge in [-0.15, -0.1) is 11.3 Å². The molecule has 0 atom stereocenters. The molecular weight excluding hydrogens is 391 g/mol. The number of pyridine rings is 1. The van der Waals surface area contributed by atoms with Crippen molar-refractivity contribution in [3.63, 3.8) is 0 Å². The molecular formula is C19H16F3N3O2S. The average molecular weight is 407 g/mol. The number of rotatable bonds is 4. The molecule has 1 aliphatic carbocycles. The van der Waals surface area contributed by atoms with Crippen LogP contribution in [0, 0.1) is 0 Å². The number of benzene rings is 1. The molecule has 1 aromatic carbocycles. The van der Waals surface area contributed by atoms with Crippen molar-refractivity contribution in [1.29, 1.82) is 0 Å². The summed E-state index contributed by atoms with van der Waals surface area (Å²) in [6.45, 7) is 0. The van der Waals surface area contributed by atoms with E-state index in [9.17, 15) is 18.0 Å². The molecule has 28 heavy (non-hydrogen) atoms. The van der Waals surface area contributed by atoms with Gasteiger partial charge in [0.15, 0.2) is 0 Å². The molecule has 9 heteroatoms. The van der Waals surface area contributed by atoms with Crippen molar-refractivity contribution in [3.05, 3.63) is 46.7 Å². The zero-order valence-corrected chi connectivity index (χ0v) is 15.7. The van der Waals surface area contributed by atoms with Gasteiger partial charge in [-0.2, -0.15) is 13.2 Å². The lowest BCUT2D eigenvalue weighted by molar-refractivity contribution is -0.141. The Morgan fingerprint density at radius 2 is 2.04 bits per heavy atom. The average Bonchev–Trinajstić information content (AvgIpc) is 3.00. The lowest BCUT2D eigenvalue weighted by Gasteiger charge is -2.22. The zero-order chi connectivity index (χ0) is 19.9. The van der Waals surface area contributed by atoms with E-state index in [0.717, 1.165) is 40.2 Å². The topological polar surface area (TPSA) is 64.1 Å². The van der Waals surface area contributed by atoms with Gasteiger partial charge < -0.3 is 10.1 Å². The molecule has 1 aliphatic rings. The second kappa shape index (κ2) is 7.05. The summed E-state index contributed by atoms with van der Waals surface area (Å²) in [4.78, 5) is 20.5. The number of hydrogen-bond acceptors (Lipinski definition) is 5. The van der Waals surface area contributed by atoms with E-state index in [1.165, 1.54) is 19.6 Å². The van der Waals surface area contributed by atoms with Crippen LogP contribution in [0.1, 0.15) is 46.4 Å². The Kier molecular flexibility index (Phi) is 4.70. The monoisotopic (exact) mass is 407 g/mol. The first-order valence-corrected chi connectivity index (χ1v) is 9.51. The summed E-state index contributed by atoms with van der Waals surface area (Å²) >= 11 is 1.56. The summed E-state index contributed by atoms with van der Waals surface area (Å²) < 4.78 is 44.7. The van der Waals surface area contributed by atoms with Gasteiger partial charge in [0.1, 0.15) is 17.1 Å².